The molecule has 0 amide bonds. The minimum absolute atomic E-state index is 1.39. The minimum Gasteiger partial charge on any atom is -0.147 e. The highest BCUT2D eigenvalue weighted by atomic mass is 127. The van der Waals surface area contributed by atoms with Crippen molar-refractivity contribution in [2.75, 3.05) is 0 Å². The Bertz CT molecular complexity index is 358. The molecule has 0 fully saturated rings. The van der Waals surface area contributed by atoms with Crippen molar-refractivity contribution in [1.29, 1.82) is 0 Å². The lowest BCUT2D eigenvalue weighted by Crippen LogP contribution is -1.54. The Morgan fingerprint density at radius 1 is 1.50 bits per heavy atom. The summed E-state index contributed by atoms with van der Waals surface area (Å²) in [5.41, 5.74) is 0. The van der Waals surface area contributed by atoms with E-state index in [1.165, 1.54) is 17.8 Å². The van der Waals surface area contributed by atoms with Crippen LogP contribution in [0.5, 0.6) is 0 Å². The van der Waals surface area contributed by atoms with Crippen LogP contribution in [-0.2, 0) is 0 Å². The van der Waals surface area contributed by atoms with Crippen LogP contribution in [0.1, 0.15) is 4.88 Å². The second kappa shape index (κ2) is 2.46. The number of rotatable bonds is 0. The zero-order valence-electron chi connectivity index (χ0n) is 5.35. The molecule has 0 aliphatic carbocycles. The molecule has 0 spiro atoms. The van der Waals surface area contributed by atoms with Crippen LogP contribution in [0.25, 0.3) is 10.1 Å². The summed E-state index contributed by atoms with van der Waals surface area (Å²) in [4.78, 5) is 1.44. The summed E-state index contributed by atoms with van der Waals surface area (Å²) in [5.74, 6) is 0. The van der Waals surface area contributed by atoms with E-state index in [1.807, 2.05) is 22.7 Å². The second-order valence-electron chi connectivity index (χ2n) is 2.12. The lowest BCUT2D eigenvalue weighted by Gasteiger charge is -1.76. The first-order valence-electron chi connectivity index (χ1n) is 2.90. The number of fused-ring (bicyclic) bond motifs is 1. The molecule has 0 aliphatic rings. The highest BCUT2D eigenvalue weighted by molar-refractivity contribution is 14.1. The first-order valence-corrected chi connectivity index (χ1v) is 5.68. The van der Waals surface area contributed by atoms with E-state index in [4.69, 9.17) is 0 Å². The van der Waals surface area contributed by atoms with Gasteiger partial charge in [-0.05, 0) is 35.6 Å². The summed E-state index contributed by atoms with van der Waals surface area (Å²) in [6, 6.07) is 2.26. The first kappa shape index (κ1) is 7.06. The molecule has 52 valence electrons. The third-order valence-electron chi connectivity index (χ3n) is 1.45. The highest BCUT2D eigenvalue weighted by Gasteiger charge is 2.02. The van der Waals surface area contributed by atoms with Crippen molar-refractivity contribution >= 4 is 55.4 Å². The fourth-order valence-electron chi connectivity index (χ4n) is 0.942. The Hall–Kier alpha value is 0.390. The van der Waals surface area contributed by atoms with E-state index >= 15 is 0 Å². The molecular formula is C7H5IS2. The molecule has 0 saturated carbocycles. The predicted molar refractivity (Wildman–Crippen MR) is 57.2 cm³/mol. The van der Waals surface area contributed by atoms with Gasteiger partial charge in [0.25, 0.3) is 0 Å². The van der Waals surface area contributed by atoms with Gasteiger partial charge >= 0.3 is 0 Å². The van der Waals surface area contributed by atoms with Gasteiger partial charge in [0.15, 0.2) is 0 Å². The molecule has 3 heteroatoms. The summed E-state index contributed by atoms with van der Waals surface area (Å²) in [7, 11) is 0. The van der Waals surface area contributed by atoms with Gasteiger partial charge < -0.3 is 0 Å². The Kier molecular flexibility index (Phi) is 1.74. The van der Waals surface area contributed by atoms with Crippen molar-refractivity contribution in [1.82, 2.24) is 0 Å². The smallest absolute Gasteiger partial charge is 0.0666 e. The van der Waals surface area contributed by atoms with Gasteiger partial charge in [-0.1, -0.05) is 0 Å². The van der Waals surface area contributed by atoms with E-state index in [1.54, 1.807) is 0 Å². The van der Waals surface area contributed by atoms with E-state index in [-0.39, 0.29) is 0 Å². The molecular weight excluding hydrogens is 275 g/mol. The van der Waals surface area contributed by atoms with Gasteiger partial charge in [0, 0.05) is 20.3 Å². The first-order chi connectivity index (χ1) is 4.77. The van der Waals surface area contributed by atoms with Gasteiger partial charge in [0.2, 0.25) is 0 Å². The van der Waals surface area contributed by atoms with Crippen LogP contribution in [0.4, 0.5) is 0 Å². The SMILES string of the molecule is Cc1scc2sc(I)cc12. The summed E-state index contributed by atoms with van der Waals surface area (Å²) in [6.45, 7) is 2.18. The topological polar surface area (TPSA) is 0 Å². The van der Waals surface area contributed by atoms with E-state index in [9.17, 15) is 0 Å². The van der Waals surface area contributed by atoms with Gasteiger partial charge in [-0.25, -0.2) is 0 Å². The summed E-state index contributed by atoms with van der Waals surface area (Å²) in [6.07, 6.45) is 0. The summed E-state index contributed by atoms with van der Waals surface area (Å²) in [5, 5.41) is 3.68. The van der Waals surface area contributed by atoms with Crippen LogP contribution in [0, 0.1) is 9.81 Å². The van der Waals surface area contributed by atoms with Crippen LogP contribution in [0.3, 0.4) is 0 Å². The molecule has 0 unspecified atom stereocenters. The average molecular weight is 280 g/mol. The van der Waals surface area contributed by atoms with Crippen molar-refractivity contribution in [3.05, 3.63) is 19.2 Å². The fraction of sp³-hybridized carbons (Fsp3) is 0.143. The molecule has 2 rings (SSSR count). The number of hydrogen-bond donors (Lipinski definition) is 0. The van der Waals surface area contributed by atoms with Gasteiger partial charge in [-0.3, -0.25) is 0 Å². The molecule has 0 saturated heterocycles. The standard InChI is InChI=1S/C7H5IS2/c1-4-5-2-7(8)10-6(5)3-9-4/h2-3H,1H3. The van der Waals surface area contributed by atoms with Crippen LogP contribution in [0.2, 0.25) is 0 Å². The Labute approximate surface area is 81.0 Å². The van der Waals surface area contributed by atoms with Gasteiger partial charge in [-0.2, -0.15) is 0 Å². The normalized spacial score (nSPS) is 11.0. The number of thiophene rings is 2. The van der Waals surface area contributed by atoms with Crippen LogP contribution in [-0.4, -0.2) is 0 Å². The Morgan fingerprint density at radius 2 is 2.30 bits per heavy atom. The maximum atomic E-state index is 2.37. The Morgan fingerprint density at radius 3 is 3.00 bits per heavy atom. The lowest BCUT2D eigenvalue weighted by molar-refractivity contribution is 1.70. The zero-order valence-corrected chi connectivity index (χ0v) is 9.14. The Balaban J connectivity index is 2.90. The predicted octanol–water partition coefficient (Wildman–Crippen LogP) is 3.88. The van der Waals surface area contributed by atoms with Gasteiger partial charge in [0.05, 0.1) is 2.88 Å². The minimum atomic E-state index is 1.39. The van der Waals surface area contributed by atoms with E-state index in [0.717, 1.165) is 0 Å². The molecule has 2 heterocycles. The molecule has 0 N–H and O–H groups in total. The second-order valence-corrected chi connectivity index (χ2v) is 6.18. The summed E-state index contributed by atoms with van der Waals surface area (Å²) >= 11 is 6.08. The maximum Gasteiger partial charge on any atom is 0.0666 e. The monoisotopic (exact) mass is 280 g/mol. The quantitative estimate of drug-likeness (QED) is 0.642. The molecule has 10 heavy (non-hydrogen) atoms. The number of halogens is 1. The van der Waals surface area contributed by atoms with Crippen LogP contribution in [0.15, 0.2) is 11.4 Å². The lowest BCUT2D eigenvalue weighted by atomic mass is 10.3. The van der Waals surface area contributed by atoms with E-state index in [0.29, 0.717) is 0 Å². The van der Waals surface area contributed by atoms with Crippen molar-refractivity contribution in [2.45, 2.75) is 6.92 Å². The third-order valence-corrected chi connectivity index (χ3v) is 4.37. The average Bonchev–Trinajstić information content (AvgIpc) is 2.35. The number of aryl methyl sites for hydroxylation is 1. The van der Waals surface area contributed by atoms with E-state index in [2.05, 4.69) is 41.0 Å². The summed E-state index contributed by atoms with van der Waals surface area (Å²) < 4.78 is 2.82. The molecule has 0 aliphatic heterocycles. The van der Waals surface area contributed by atoms with Crippen molar-refractivity contribution in [3.8, 4) is 0 Å². The fourth-order valence-corrected chi connectivity index (χ4v) is 3.78. The van der Waals surface area contributed by atoms with Crippen molar-refractivity contribution < 1.29 is 0 Å². The third kappa shape index (κ3) is 1.00. The number of hydrogen-bond acceptors (Lipinski definition) is 2. The van der Waals surface area contributed by atoms with E-state index < -0.39 is 0 Å². The molecule has 0 atom stereocenters. The largest absolute Gasteiger partial charge is 0.147 e. The molecule has 0 radical (unpaired) electrons. The zero-order chi connectivity index (χ0) is 7.14. The molecule has 0 nitrogen and oxygen atoms in total. The molecule has 0 bridgehead atoms. The van der Waals surface area contributed by atoms with Crippen molar-refractivity contribution in [3.63, 3.8) is 0 Å². The van der Waals surface area contributed by atoms with Gasteiger partial charge in [-0.15, -0.1) is 22.7 Å². The molecule has 0 aromatic carbocycles. The molecule has 2 aromatic rings. The highest BCUT2D eigenvalue weighted by Crippen LogP contribution is 2.32. The molecule has 2 aromatic heterocycles. The van der Waals surface area contributed by atoms with Gasteiger partial charge in [0.1, 0.15) is 0 Å². The maximum absolute atomic E-state index is 2.37. The van der Waals surface area contributed by atoms with Crippen LogP contribution < -0.4 is 0 Å². The van der Waals surface area contributed by atoms with Crippen LogP contribution >= 0.6 is 45.3 Å². The van der Waals surface area contributed by atoms with Crippen molar-refractivity contribution in [2.24, 2.45) is 0 Å².